The molecule has 0 atom stereocenters. The van der Waals surface area contributed by atoms with Crippen molar-refractivity contribution in [2.75, 3.05) is 69.6 Å². The van der Waals surface area contributed by atoms with E-state index in [0.717, 1.165) is 63.3 Å². The summed E-state index contributed by atoms with van der Waals surface area (Å²) < 4.78 is 0.934. The molecule has 1 heterocycles. The van der Waals surface area contributed by atoms with E-state index in [9.17, 15) is 4.79 Å². The molecule has 0 radical (unpaired) electrons. The van der Waals surface area contributed by atoms with E-state index < -0.39 is 0 Å². The number of azo groups is 1. The molecule has 0 N–H and O–H groups in total. The van der Waals surface area contributed by atoms with Crippen molar-refractivity contribution in [1.82, 2.24) is 0 Å². The molecule has 4 aromatic carbocycles. The second-order valence-corrected chi connectivity index (χ2v) is 11.2. The number of likely N-dealkylation sites (N-methyl/N-ethyl adjacent to an activating group) is 2. The number of carbonyl (C=O) groups excluding carboxylic acids is 1. The van der Waals surface area contributed by atoms with Gasteiger partial charge in [0.05, 0.1) is 56.9 Å². The number of quaternary nitrogens is 1. The Morgan fingerprint density at radius 2 is 1.51 bits per heavy atom. The summed E-state index contributed by atoms with van der Waals surface area (Å²) >= 11 is 0. The Morgan fingerprint density at radius 3 is 2.15 bits per heavy atom. The van der Waals surface area contributed by atoms with E-state index >= 15 is 0 Å². The topological polar surface area (TPSA) is 51.5 Å². The van der Waals surface area contributed by atoms with Crippen molar-refractivity contribution < 1.29 is 9.28 Å². The smallest absolute Gasteiger partial charge is 0.263 e. The highest BCUT2D eigenvalue weighted by Gasteiger charge is 2.31. The summed E-state index contributed by atoms with van der Waals surface area (Å²) in [6.07, 6.45) is 0. The normalized spacial score (nSPS) is 13.1. The minimum atomic E-state index is -0.0244. The Labute approximate surface area is 231 Å². The molecule has 1 aliphatic rings. The van der Waals surface area contributed by atoms with Crippen molar-refractivity contribution in [3.63, 3.8) is 0 Å². The van der Waals surface area contributed by atoms with Gasteiger partial charge in [-0.2, -0.15) is 5.11 Å². The van der Waals surface area contributed by atoms with Crippen molar-refractivity contribution in [2.24, 2.45) is 10.2 Å². The number of benzene rings is 4. The predicted octanol–water partition coefficient (Wildman–Crippen LogP) is 7.15. The van der Waals surface area contributed by atoms with Gasteiger partial charge in [-0.25, -0.2) is 0 Å². The molecular weight excluding hydrogens is 484 g/mol. The molecule has 0 aliphatic carbocycles. The number of carbonyl (C=O) groups is 1. The fraction of sp³-hybridized carbons (Fsp3) is 0.281. The molecule has 0 fully saturated rings. The first-order valence-corrected chi connectivity index (χ1v) is 13.4. The summed E-state index contributed by atoms with van der Waals surface area (Å²) in [6.45, 7) is 5.21. The molecule has 4 aromatic rings. The number of hydrogen-bond donors (Lipinski definition) is 0. The summed E-state index contributed by atoms with van der Waals surface area (Å²) in [5.74, 6) is -0.0244. The highest BCUT2D eigenvalue weighted by molar-refractivity contribution is 6.29. The highest BCUT2D eigenvalue weighted by Crippen LogP contribution is 2.44. The molecule has 0 unspecified atom stereocenters. The van der Waals surface area contributed by atoms with Gasteiger partial charge in [0.1, 0.15) is 0 Å². The second kappa shape index (κ2) is 10.5. The van der Waals surface area contributed by atoms with Crippen LogP contribution in [0, 0.1) is 0 Å². The first-order valence-electron chi connectivity index (χ1n) is 13.4. The quantitative estimate of drug-likeness (QED) is 0.174. The van der Waals surface area contributed by atoms with E-state index in [1.54, 1.807) is 4.90 Å². The van der Waals surface area contributed by atoms with Crippen LogP contribution in [-0.2, 0) is 0 Å². The monoisotopic (exact) mass is 521 g/mol. The van der Waals surface area contributed by atoms with Gasteiger partial charge in [0.25, 0.3) is 5.91 Å². The van der Waals surface area contributed by atoms with E-state index in [1.165, 1.54) is 5.69 Å². The fourth-order valence-electron chi connectivity index (χ4n) is 4.94. The maximum absolute atomic E-state index is 13.5. The van der Waals surface area contributed by atoms with Gasteiger partial charge < -0.3 is 14.3 Å². The van der Waals surface area contributed by atoms with Gasteiger partial charge in [-0.05, 0) is 73.7 Å². The Balaban J connectivity index is 1.41. The summed E-state index contributed by atoms with van der Waals surface area (Å²) in [5, 5.41) is 11.0. The zero-order valence-electron chi connectivity index (χ0n) is 23.7. The van der Waals surface area contributed by atoms with Crippen LogP contribution in [0.1, 0.15) is 17.3 Å². The lowest BCUT2D eigenvalue weighted by atomic mass is 10.0. The first kappa shape index (κ1) is 26.4. The second-order valence-electron chi connectivity index (χ2n) is 11.2. The van der Waals surface area contributed by atoms with E-state index in [-0.39, 0.29) is 5.91 Å². The zero-order chi connectivity index (χ0) is 27.7. The molecule has 1 aliphatic heterocycles. The van der Waals surface area contributed by atoms with E-state index in [1.807, 2.05) is 85.7 Å². The maximum Gasteiger partial charge on any atom is 0.263 e. The number of anilines is 4. The third kappa shape index (κ3) is 5.36. The molecule has 5 rings (SSSR count). The predicted molar refractivity (Wildman–Crippen MR) is 163 cm³/mol. The molecule has 0 bridgehead atoms. The summed E-state index contributed by atoms with van der Waals surface area (Å²) in [6, 6.07) is 26.0. The van der Waals surface area contributed by atoms with Crippen LogP contribution in [0.4, 0.5) is 34.1 Å². The highest BCUT2D eigenvalue weighted by atomic mass is 16.2. The zero-order valence-corrected chi connectivity index (χ0v) is 23.7. The van der Waals surface area contributed by atoms with Crippen molar-refractivity contribution in [1.29, 1.82) is 0 Å². The van der Waals surface area contributed by atoms with Gasteiger partial charge in [0, 0.05) is 48.5 Å². The molecule has 7 nitrogen and oxygen atoms in total. The van der Waals surface area contributed by atoms with Crippen molar-refractivity contribution in [3.8, 4) is 0 Å². The first-order chi connectivity index (χ1) is 18.7. The van der Waals surface area contributed by atoms with E-state index in [4.69, 9.17) is 0 Å². The van der Waals surface area contributed by atoms with Crippen LogP contribution in [0.2, 0.25) is 0 Å². The standard InChI is InChI=1S/C32H37N6O/c1-7-36(21-22-38(4,5)6)25-13-11-23(12-14-25)33-34-29-20-19-28-31-27(29)9-8-10-30(31)37(32(28)39)26-17-15-24(16-18-26)35(2)3/h8-20H,7,21-22H2,1-6H3/q+1. The van der Waals surface area contributed by atoms with Crippen LogP contribution in [0.25, 0.3) is 10.8 Å². The minimum absolute atomic E-state index is 0.0244. The minimum Gasteiger partial charge on any atom is -0.378 e. The van der Waals surface area contributed by atoms with Crippen LogP contribution < -0.4 is 14.7 Å². The average molecular weight is 522 g/mol. The van der Waals surface area contributed by atoms with Gasteiger partial charge >= 0.3 is 0 Å². The number of nitrogens with zero attached hydrogens (tertiary/aromatic N) is 6. The summed E-state index contributed by atoms with van der Waals surface area (Å²) in [5.41, 5.74) is 6.23. The number of rotatable bonds is 9. The van der Waals surface area contributed by atoms with Crippen LogP contribution in [0.5, 0.6) is 0 Å². The van der Waals surface area contributed by atoms with Gasteiger partial charge in [-0.1, -0.05) is 12.1 Å². The molecule has 1 amide bonds. The Hall–Kier alpha value is -4.23. The van der Waals surface area contributed by atoms with Crippen LogP contribution in [0.3, 0.4) is 0 Å². The molecule has 200 valence electrons. The summed E-state index contributed by atoms with van der Waals surface area (Å²) in [4.78, 5) is 19.7. The fourth-order valence-corrected chi connectivity index (χ4v) is 4.94. The molecule has 0 saturated heterocycles. The van der Waals surface area contributed by atoms with Crippen molar-refractivity contribution in [3.05, 3.63) is 84.4 Å². The van der Waals surface area contributed by atoms with Gasteiger partial charge in [0.2, 0.25) is 0 Å². The van der Waals surface area contributed by atoms with Gasteiger partial charge in [-0.3, -0.25) is 9.69 Å². The SMILES string of the molecule is CCN(CC[N+](C)(C)C)c1ccc(N=Nc2ccc3c4c(cccc24)N(c2ccc(N(C)C)cc2)C3=O)cc1. The van der Waals surface area contributed by atoms with Gasteiger partial charge in [0.15, 0.2) is 0 Å². The summed E-state index contributed by atoms with van der Waals surface area (Å²) in [7, 11) is 10.7. The van der Waals surface area contributed by atoms with Gasteiger partial charge in [-0.15, -0.1) is 5.11 Å². The lowest BCUT2D eigenvalue weighted by Crippen LogP contribution is -2.42. The third-order valence-corrected chi connectivity index (χ3v) is 7.20. The van der Waals surface area contributed by atoms with E-state index in [0.29, 0.717) is 5.56 Å². The Morgan fingerprint density at radius 1 is 0.821 bits per heavy atom. The largest absolute Gasteiger partial charge is 0.378 e. The molecule has 0 aromatic heterocycles. The molecular formula is C32H37N6O+. The van der Waals surface area contributed by atoms with E-state index in [2.05, 4.69) is 55.3 Å². The lowest BCUT2D eigenvalue weighted by Gasteiger charge is -2.29. The average Bonchev–Trinajstić information content (AvgIpc) is 3.21. The third-order valence-electron chi connectivity index (χ3n) is 7.20. The molecule has 0 saturated carbocycles. The number of hydrogen-bond acceptors (Lipinski definition) is 5. The van der Waals surface area contributed by atoms with Crippen molar-refractivity contribution >= 4 is 50.8 Å². The van der Waals surface area contributed by atoms with Crippen LogP contribution in [-0.4, -0.2) is 65.3 Å². The molecule has 0 spiro atoms. The lowest BCUT2D eigenvalue weighted by molar-refractivity contribution is -0.868. The Bertz CT molecular complexity index is 1520. The molecule has 7 heteroatoms. The van der Waals surface area contributed by atoms with Crippen molar-refractivity contribution in [2.45, 2.75) is 6.92 Å². The maximum atomic E-state index is 13.5. The van der Waals surface area contributed by atoms with Crippen LogP contribution in [0.15, 0.2) is 89.1 Å². The molecule has 39 heavy (non-hydrogen) atoms. The Kier molecular flexibility index (Phi) is 7.10. The number of amides is 1. The van der Waals surface area contributed by atoms with Crippen LogP contribution >= 0.6 is 0 Å².